The second-order valence-corrected chi connectivity index (χ2v) is 9.68. The molecule has 0 saturated carbocycles. The van der Waals surface area contributed by atoms with Crippen LogP contribution >= 0.6 is 0 Å². The predicted octanol–water partition coefficient (Wildman–Crippen LogP) is 4.06. The average molecular weight is 480 g/mol. The van der Waals surface area contributed by atoms with E-state index in [0.29, 0.717) is 23.5 Å². The van der Waals surface area contributed by atoms with Crippen LogP contribution in [0.2, 0.25) is 0 Å². The van der Waals surface area contributed by atoms with E-state index in [1.165, 1.54) is 19.1 Å². The molecular weight excluding hydrogens is 442 g/mol. The minimum absolute atomic E-state index is 0.191. The molecule has 1 aliphatic rings. The molecule has 1 aromatic carbocycles. The Bertz CT molecular complexity index is 881. The fourth-order valence-electron chi connectivity index (χ4n) is 3.94. The molecule has 0 N–H and O–H groups in total. The molecule has 34 heavy (non-hydrogen) atoms. The third kappa shape index (κ3) is 6.33. The predicted molar refractivity (Wildman–Crippen MR) is 125 cm³/mol. The Hall–Kier alpha value is -2.97. The van der Waals surface area contributed by atoms with Crippen LogP contribution < -0.4 is 9.47 Å². The lowest BCUT2D eigenvalue weighted by Gasteiger charge is -2.41. The normalized spacial score (nSPS) is 15.8. The Labute approximate surface area is 201 Å². The largest absolute Gasteiger partial charge is 0.496 e. The number of rotatable bonds is 7. The number of amides is 1. The highest BCUT2D eigenvalue weighted by Gasteiger charge is 2.49. The van der Waals surface area contributed by atoms with Crippen LogP contribution in [-0.4, -0.2) is 61.5 Å². The van der Waals surface area contributed by atoms with Gasteiger partial charge in [-0.2, -0.15) is 0 Å². The molecule has 0 fully saturated rings. The van der Waals surface area contributed by atoms with Gasteiger partial charge in [0.2, 0.25) is 0 Å². The van der Waals surface area contributed by atoms with Gasteiger partial charge in [0.05, 0.1) is 32.5 Å². The molecule has 1 aliphatic heterocycles. The van der Waals surface area contributed by atoms with Gasteiger partial charge in [0, 0.05) is 17.7 Å². The highest BCUT2D eigenvalue weighted by Crippen LogP contribution is 2.45. The highest BCUT2D eigenvalue weighted by molar-refractivity contribution is 5.97. The van der Waals surface area contributed by atoms with Gasteiger partial charge in [-0.15, -0.1) is 0 Å². The van der Waals surface area contributed by atoms with Gasteiger partial charge in [0.25, 0.3) is 0 Å². The van der Waals surface area contributed by atoms with Crippen LogP contribution in [0.1, 0.15) is 65.6 Å². The first-order valence-electron chi connectivity index (χ1n) is 11.4. The summed E-state index contributed by atoms with van der Waals surface area (Å²) < 4.78 is 27.7. The van der Waals surface area contributed by atoms with Crippen LogP contribution in [-0.2, 0) is 30.2 Å². The molecule has 9 nitrogen and oxygen atoms in total. The van der Waals surface area contributed by atoms with Crippen molar-refractivity contribution in [3.8, 4) is 11.5 Å². The van der Waals surface area contributed by atoms with Gasteiger partial charge in [-0.3, -0.25) is 14.5 Å². The lowest BCUT2D eigenvalue weighted by atomic mass is 9.83. The van der Waals surface area contributed by atoms with E-state index in [9.17, 15) is 14.4 Å². The smallest absolute Gasteiger partial charge is 0.410 e. The van der Waals surface area contributed by atoms with Gasteiger partial charge < -0.3 is 23.7 Å². The second kappa shape index (κ2) is 11.0. The maximum absolute atomic E-state index is 13.3. The Morgan fingerprint density at radius 3 is 1.85 bits per heavy atom. The van der Waals surface area contributed by atoms with E-state index in [1.54, 1.807) is 60.6 Å². The van der Waals surface area contributed by atoms with Gasteiger partial charge in [0.15, 0.2) is 5.92 Å². The number of esters is 2. The van der Waals surface area contributed by atoms with Crippen molar-refractivity contribution in [3.63, 3.8) is 0 Å². The number of ether oxygens (including phenoxy) is 5. The van der Waals surface area contributed by atoms with Crippen molar-refractivity contribution in [1.82, 2.24) is 4.90 Å². The lowest BCUT2D eigenvalue weighted by molar-refractivity contribution is -0.170. The number of methoxy groups -OCH3 is 2. The monoisotopic (exact) mass is 479 g/mol. The Morgan fingerprint density at radius 2 is 1.41 bits per heavy atom. The van der Waals surface area contributed by atoms with Gasteiger partial charge in [-0.1, -0.05) is 0 Å². The molecule has 0 radical (unpaired) electrons. The summed E-state index contributed by atoms with van der Waals surface area (Å²) in [5.41, 5.74) is 0.448. The van der Waals surface area contributed by atoms with Crippen LogP contribution in [0.3, 0.4) is 0 Å². The van der Waals surface area contributed by atoms with Crippen LogP contribution in [0, 0.1) is 5.92 Å². The molecule has 1 aromatic rings. The molecule has 0 saturated heterocycles. The number of nitrogens with zero attached hydrogens (tertiary/aromatic N) is 1. The molecule has 0 bridgehead atoms. The first-order valence-corrected chi connectivity index (χ1v) is 11.4. The third-order valence-corrected chi connectivity index (χ3v) is 5.10. The first-order chi connectivity index (χ1) is 15.8. The van der Waals surface area contributed by atoms with Crippen molar-refractivity contribution in [2.75, 3.05) is 20.8 Å². The summed E-state index contributed by atoms with van der Waals surface area (Å²) in [6, 6.07) is 2.36. The number of fused-ring (bicyclic) bond motifs is 1. The van der Waals surface area contributed by atoms with Crippen LogP contribution in [0.25, 0.3) is 0 Å². The van der Waals surface area contributed by atoms with E-state index in [0.717, 1.165) is 5.56 Å². The molecule has 0 spiro atoms. The fourth-order valence-corrected chi connectivity index (χ4v) is 3.94. The minimum atomic E-state index is -1.46. The number of hydrogen-bond acceptors (Lipinski definition) is 8. The maximum atomic E-state index is 13.3. The molecule has 2 rings (SSSR count). The zero-order valence-electron chi connectivity index (χ0n) is 21.6. The Morgan fingerprint density at radius 1 is 0.912 bits per heavy atom. The highest BCUT2D eigenvalue weighted by atomic mass is 16.6. The summed E-state index contributed by atoms with van der Waals surface area (Å²) >= 11 is 0. The third-order valence-electron chi connectivity index (χ3n) is 5.10. The molecule has 190 valence electrons. The summed E-state index contributed by atoms with van der Waals surface area (Å²) in [4.78, 5) is 41.3. The lowest BCUT2D eigenvalue weighted by Crippen LogP contribution is -2.50. The van der Waals surface area contributed by atoms with Gasteiger partial charge in [-0.05, 0) is 67.0 Å². The van der Waals surface area contributed by atoms with Crippen LogP contribution in [0.5, 0.6) is 11.5 Å². The number of carbonyl (C=O) groups excluding carboxylic acids is 3. The molecule has 1 unspecified atom stereocenters. The van der Waals surface area contributed by atoms with Crippen LogP contribution in [0.15, 0.2) is 12.1 Å². The van der Waals surface area contributed by atoms with Crippen LogP contribution in [0.4, 0.5) is 4.79 Å². The maximum Gasteiger partial charge on any atom is 0.410 e. The van der Waals surface area contributed by atoms with Crippen molar-refractivity contribution >= 4 is 18.0 Å². The molecule has 1 heterocycles. The van der Waals surface area contributed by atoms with Gasteiger partial charge in [-0.25, -0.2) is 4.79 Å². The van der Waals surface area contributed by atoms with Crippen molar-refractivity contribution in [1.29, 1.82) is 0 Å². The summed E-state index contributed by atoms with van der Waals surface area (Å²) in [6.45, 7) is 12.2. The number of carbonyl (C=O) groups is 3. The van der Waals surface area contributed by atoms with E-state index in [4.69, 9.17) is 23.7 Å². The first kappa shape index (κ1) is 27.3. The zero-order valence-corrected chi connectivity index (χ0v) is 21.6. The van der Waals surface area contributed by atoms with E-state index >= 15 is 0 Å². The van der Waals surface area contributed by atoms with Crippen molar-refractivity contribution in [2.24, 2.45) is 5.92 Å². The number of benzene rings is 1. The summed E-state index contributed by atoms with van der Waals surface area (Å²) in [6.07, 6.45) is -1.21. The minimum Gasteiger partial charge on any atom is -0.496 e. The van der Waals surface area contributed by atoms with Gasteiger partial charge in [0.1, 0.15) is 17.1 Å². The average Bonchev–Trinajstić information content (AvgIpc) is 2.70. The topological polar surface area (TPSA) is 101 Å². The molecule has 0 aliphatic carbocycles. The van der Waals surface area contributed by atoms with E-state index in [1.807, 2.05) is 0 Å². The Kier molecular flexibility index (Phi) is 8.80. The quantitative estimate of drug-likeness (QED) is 0.328. The SMILES string of the molecule is COc1ccc(OC)c2c1CCN(C(=O)OC(C)(C)C)C2C(C(=O)OC(C)C)C(=O)OC(C)C. The fraction of sp³-hybridized carbons (Fsp3) is 0.640. The molecule has 1 atom stereocenters. The number of hydrogen-bond donors (Lipinski definition) is 0. The van der Waals surface area contributed by atoms with E-state index in [2.05, 4.69) is 0 Å². The van der Waals surface area contributed by atoms with Gasteiger partial charge >= 0.3 is 18.0 Å². The van der Waals surface area contributed by atoms with E-state index in [-0.39, 0.29) is 6.54 Å². The standard InChI is InChI=1S/C25H37NO8/c1-14(2)32-22(27)20(23(28)33-15(3)4)21-19-16(17(30-8)10-11-18(19)31-9)12-13-26(21)24(29)34-25(5,6)7/h10-11,14-15,20-21H,12-13H2,1-9H3. The summed E-state index contributed by atoms with van der Waals surface area (Å²) in [5, 5.41) is 0. The van der Waals surface area contributed by atoms with Crippen molar-refractivity contribution < 1.29 is 38.1 Å². The molecule has 1 amide bonds. The molecular formula is C25H37NO8. The summed E-state index contributed by atoms with van der Waals surface area (Å²) in [7, 11) is 3.02. The molecule has 9 heteroatoms. The summed E-state index contributed by atoms with van der Waals surface area (Å²) in [5.74, 6) is -2.07. The second-order valence-electron chi connectivity index (χ2n) is 9.68. The van der Waals surface area contributed by atoms with Crippen molar-refractivity contribution in [3.05, 3.63) is 23.3 Å². The van der Waals surface area contributed by atoms with Crippen molar-refractivity contribution in [2.45, 2.75) is 78.7 Å². The zero-order chi connectivity index (χ0) is 25.8. The Balaban J connectivity index is 2.77. The molecule has 0 aromatic heterocycles. The van der Waals surface area contributed by atoms with E-state index < -0.39 is 47.8 Å².